The Kier molecular flexibility index (Phi) is 5.52. The zero-order valence-corrected chi connectivity index (χ0v) is 14.7. The van der Waals surface area contributed by atoms with Crippen LogP contribution in [0.5, 0.6) is 0 Å². The highest BCUT2D eigenvalue weighted by Crippen LogP contribution is 2.37. The Morgan fingerprint density at radius 3 is 2.09 bits per heavy atom. The maximum Gasteiger partial charge on any atom is 0.487 e. The number of unbranched alkanes of at least 4 members (excludes halogenated alkanes) is 2. The lowest BCUT2D eigenvalue weighted by Crippen LogP contribution is -2.41. The first-order chi connectivity index (χ1) is 10.3. The zero-order valence-electron chi connectivity index (χ0n) is 14.7. The van der Waals surface area contributed by atoms with Crippen molar-refractivity contribution in [1.29, 1.82) is 0 Å². The molecule has 1 fully saturated rings. The van der Waals surface area contributed by atoms with Gasteiger partial charge in [-0.25, -0.2) is 0 Å². The molecule has 0 unspecified atom stereocenters. The van der Waals surface area contributed by atoms with Crippen LogP contribution in [0.15, 0.2) is 30.2 Å². The molecule has 1 heterocycles. The smallest absolute Gasteiger partial charge is 0.400 e. The molecule has 0 saturated carbocycles. The van der Waals surface area contributed by atoms with Gasteiger partial charge in [0.2, 0.25) is 0 Å². The van der Waals surface area contributed by atoms with Gasteiger partial charge in [-0.05, 0) is 51.7 Å². The van der Waals surface area contributed by atoms with Gasteiger partial charge in [-0.3, -0.25) is 0 Å². The number of rotatable bonds is 6. The molecule has 1 aromatic rings. The van der Waals surface area contributed by atoms with Gasteiger partial charge in [0.05, 0.1) is 11.2 Å². The van der Waals surface area contributed by atoms with E-state index in [2.05, 4.69) is 65.0 Å². The molecule has 0 N–H and O–H groups in total. The Labute approximate surface area is 136 Å². The molecule has 0 spiro atoms. The number of benzene rings is 1. The van der Waals surface area contributed by atoms with E-state index in [1.807, 2.05) is 5.98 Å². The van der Waals surface area contributed by atoms with Crippen LogP contribution < -0.4 is 0 Å². The molecule has 3 heteroatoms. The summed E-state index contributed by atoms with van der Waals surface area (Å²) >= 11 is 0. The maximum absolute atomic E-state index is 5.97. The molecule has 22 heavy (non-hydrogen) atoms. The number of aryl methyl sites for hydroxylation is 1. The van der Waals surface area contributed by atoms with Crippen molar-refractivity contribution in [1.82, 2.24) is 0 Å². The first-order valence-electron chi connectivity index (χ1n) is 8.47. The maximum atomic E-state index is 5.97. The summed E-state index contributed by atoms with van der Waals surface area (Å²) in [5.41, 5.74) is 2.06. The van der Waals surface area contributed by atoms with E-state index in [4.69, 9.17) is 9.31 Å². The summed E-state index contributed by atoms with van der Waals surface area (Å²) in [6.45, 7) is 10.5. The molecule has 0 atom stereocenters. The lowest BCUT2D eigenvalue weighted by molar-refractivity contribution is 0.00578. The van der Waals surface area contributed by atoms with Crippen molar-refractivity contribution in [2.75, 3.05) is 0 Å². The van der Waals surface area contributed by atoms with Crippen LogP contribution in [0.1, 0.15) is 65.0 Å². The van der Waals surface area contributed by atoms with E-state index in [0.29, 0.717) is 0 Å². The molecule has 1 aliphatic heterocycles. The normalized spacial score (nSPS) is 20.0. The molecule has 0 aromatic heterocycles. The van der Waals surface area contributed by atoms with Gasteiger partial charge < -0.3 is 9.31 Å². The summed E-state index contributed by atoms with van der Waals surface area (Å²) in [6, 6.07) is 8.78. The Bertz CT molecular complexity index is 487. The molecule has 0 radical (unpaired) electrons. The van der Waals surface area contributed by atoms with E-state index in [1.165, 1.54) is 36.8 Å². The molecule has 120 valence electrons. The van der Waals surface area contributed by atoms with Crippen LogP contribution in [-0.4, -0.2) is 18.3 Å². The summed E-state index contributed by atoms with van der Waals surface area (Å²) in [5.74, 6) is 2.00. The van der Waals surface area contributed by atoms with Crippen LogP contribution in [0.4, 0.5) is 0 Å². The molecule has 2 nitrogen and oxygen atoms in total. The molecule has 0 bridgehead atoms. The van der Waals surface area contributed by atoms with Crippen LogP contribution in [0.2, 0.25) is 0 Å². The van der Waals surface area contributed by atoms with Gasteiger partial charge in [-0.15, -0.1) is 0 Å². The molecular weight excluding hydrogens is 271 g/mol. The zero-order chi connectivity index (χ0) is 16.2. The highest BCUT2D eigenvalue weighted by molar-refractivity contribution is 6.52. The molecular formula is C19H29BO2. The highest BCUT2D eigenvalue weighted by atomic mass is 16.7. The van der Waals surface area contributed by atoms with Crippen molar-refractivity contribution in [3.63, 3.8) is 0 Å². The second-order valence-electron chi connectivity index (χ2n) is 7.18. The van der Waals surface area contributed by atoms with E-state index in [-0.39, 0.29) is 18.3 Å². The summed E-state index contributed by atoms with van der Waals surface area (Å²) in [5, 5.41) is 0. The van der Waals surface area contributed by atoms with Crippen molar-refractivity contribution in [3.05, 3.63) is 41.4 Å². The van der Waals surface area contributed by atoms with Gasteiger partial charge in [-0.1, -0.05) is 56.1 Å². The Balaban J connectivity index is 1.91. The van der Waals surface area contributed by atoms with Crippen LogP contribution >= 0.6 is 0 Å². The largest absolute Gasteiger partial charge is 0.487 e. The third-order valence-electron chi connectivity index (χ3n) is 4.77. The first kappa shape index (κ1) is 17.3. The summed E-state index contributed by atoms with van der Waals surface area (Å²) in [4.78, 5) is 0. The van der Waals surface area contributed by atoms with Crippen molar-refractivity contribution in [2.24, 2.45) is 0 Å². The van der Waals surface area contributed by atoms with E-state index in [9.17, 15) is 0 Å². The molecule has 1 aliphatic rings. The van der Waals surface area contributed by atoms with Gasteiger partial charge in [0, 0.05) is 0 Å². The molecule has 2 rings (SSSR count). The van der Waals surface area contributed by atoms with Gasteiger partial charge in [0.25, 0.3) is 0 Å². The average Bonchev–Trinajstić information content (AvgIpc) is 2.66. The highest BCUT2D eigenvalue weighted by Gasteiger charge is 2.49. The molecule has 1 aromatic carbocycles. The lowest BCUT2D eigenvalue weighted by atomic mass is 9.89. The van der Waals surface area contributed by atoms with Crippen LogP contribution in [0.3, 0.4) is 0 Å². The van der Waals surface area contributed by atoms with E-state index in [0.717, 1.165) is 0 Å². The minimum atomic E-state index is -0.273. The fraction of sp³-hybridized carbons (Fsp3) is 0.579. The van der Waals surface area contributed by atoms with Crippen LogP contribution in [0, 0.1) is 0 Å². The van der Waals surface area contributed by atoms with Crippen LogP contribution in [-0.2, 0) is 15.7 Å². The van der Waals surface area contributed by atoms with E-state index >= 15 is 0 Å². The van der Waals surface area contributed by atoms with Gasteiger partial charge >= 0.3 is 7.12 Å². The topological polar surface area (TPSA) is 18.5 Å². The Morgan fingerprint density at radius 1 is 0.955 bits per heavy atom. The standard InChI is InChI=1S/C19H29BO2/c1-6-7-8-9-16-10-12-17(13-11-16)14-15-20-21-18(2,3)19(4,5)22-20/h10-15H,6-9H2,1-5H3/b15-14-. The minimum Gasteiger partial charge on any atom is -0.400 e. The second-order valence-corrected chi connectivity index (χ2v) is 7.18. The lowest BCUT2D eigenvalue weighted by Gasteiger charge is -2.32. The van der Waals surface area contributed by atoms with Crippen molar-refractivity contribution < 1.29 is 9.31 Å². The molecule has 0 amide bonds. The van der Waals surface area contributed by atoms with Crippen molar-refractivity contribution in [3.8, 4) is 0 Å². The predicted molar refractivity (Wildman–Crippen MR) is 94.8 cm³/mol. The predicted octanol–water partition coefficient (Wildman–Crippen LogP) is 5.06. The van der Waals surface area contributed by atoms with Gasteiger partial charge in [0.15, 0.2) is 0 Å². The number of hydrogen-bond acceptors (Lipinski definition) is 2. The van der Waals surface area contributed by atoms with Crippen molar-refractivity contribution >= 4 is 13.2 Å². The summed E-state index contributed by atoms with van der Waals surface area (Å²) < 4.78 is 11.9. The van der Waals surface area contributed by atoms with E-state index in [1.54, 1.807) is 0 Å². The van der Waals surface area contributed by atoms with Crippen LogP contribution in [0.25, 0.3) is 6.08 Å². The Hall–Kier alpha value is -1.06. The number of hydrogen-bond donors (Lipinski definition) is 0. The Morgan fingerprint density at radius 2 is 1.55 bits per heavy atom. The second kappa shape index (κ2) is 7.01. The molecule has 1 saturated heterocycles. The summed E-state index contributed by atoms with van der Waals surface area (Å²) in [6.07, 6.45) is 7.12. The fourth-order valence-corrected chi connectivity index (χ4v) is 2.53. The third kappa shape index (κ3) is 4.24. The third-order valence-corrected chi connectivity index (χ3v) is 4.77. The minimum absolute atomic E-state index is 0.269. The van der Waals surface area contributed by atoms with Crippen molar-refractivity contribution in [2.45, 2.75) is 71.5 Å². The summed E-state index contributed by atoms with van der Waals surface area (Å²) in [7, 11) is -0.269. The molecule has 0 aliphatic carbocycles. The quantitative estimate of drug-likeness (QED) is 0.540. The first-order valence-corrected chi connectivity index (χ1v) is 8.47. The van der Waals surface area contributed by atoms with Gasteiger partial charge in [-0.2, -0.15) is 0 Å². The van der Waals surface area contributed by atoms with E-state index < -0.39 is 0 Å². The average molecular weight is 300 g/mol. The van der Waals surface area contributed by atoms with Gasteiger partial charge in [0.1, 0.15) is 0 Å². The fourth-order valence-electron chi connectivity index (χ4n) is 2.53. The monoisotopic (exact) mass is 300 g/mol. The SMILES string of the molecule is CCCCCc1ccc(/C=C\B2OC(C)(C)C(C)(C)O2)cc1.